The molecule has 3 rings (SSSR count). The van der Waals surface area contributed by atoms with Crippen LogP contribution in [0, 0.1) is 0 Å². The second-order valence-corrected chi connectivity index (χ2v) is 5.24. The normalized spacial score (nSPS) is 11.0. The van der Waals surface area contributed by atoms with E-state index < -0.39 is 0 Å². The van der Waals surface area contributed by atoms with Crippen LogP contribution >= 0.6 is 0 Å². The molecular formula is C21H18O2. The summed E-state index contributed by atoms with van der Waals surface area (Å²) >= 11 is 0. The summed E-state index contributed by atoms with van der Waals surface area (Å²) in [6, 6.07) is 22.7. The Kier molecular flexibility index (Phi) is 4.53. The maximum Gasteiger partial charge on any atom is 0.330 e. The van der Waals surface area contributed by atoms with Crippen molar-refractivity contribution in [3.05, 3.63) is 78.4 Å². The fourth-order valence-corrected chi connectivity index (χ4v) is 2.64. The lowest BCUT2D eigenvalue weighted by Crippen LogP contribution is -1.98. The minimum Gasteiger partial charge on any atom is -0.463 e. The maximum absolute atomic E-state index is 11.5. The van der Waals surface area contributed by atoms with Gasteiger partial charge in [0.2, 0.25) is 0 Å². The zero-order valence-electron chi connectivity index (χ0n) is 13.0. The van der Waals surface area contributed by atoms with Crippen LogP contribution in [0.4, 0.5) is 0 Å². The van der Waals surface area contributed by atoms with Gasteiger partial charge in [-0.2, -0.15) is 0 Å². The second-order valence-electron chi connectivity index (χ2n) is 5.24. The van der Waals surface area contributed by atoms with Gasteiger partial charge in [-0.3, -0.25) is 0 Å². The average Bonchev–Trinajstić information content (AvgIpc) is 2.60. The third-order valence-corrected chi connectivity index (χ3v) is 3.67. The van der Waals surface area contributed by atoms with Crippen molar-refractivity contribution >= 4 is 22.8 Å². The van der Waals surface area contributed by atoms with Crippen LogP contribution in [0.1, 0.15) is 12.5 Å². The molecule has 0 bridgehead atoms. The SMILES string of the molecule is CCOC(=O)C=Cc1cc(-c2ccccc2)c2ccccc2c1. The molecule has 0 spiro atoms. The number of ether oxygens (including phenoxy) is 1. The van der Waals surface area contributed by atoms with Gasteiger partial charge in [-0.05, 0) is 52.6 Å². The summed E-state index contributed by atoms with van der Waals surface area (Å²) in [5.74, 6) is -0.318. The molecule has 0 aliphatic rings. The summed E-state index contributed by atoms with van der Waals surface area (Å²) in [7, 11) is 0. The van der Waals surface area contributed by atoms with Crippen molar-refractivity contribution in [2.24, 2.45) is 0 Å². The Hall–Kier alpha value is -2.87. The predicted octanol–water partition coefficient (Wildman–Crippen LogP) is 5.08. The van der Waals surface area contributed by atoms with E-state index in [0.717, 1.165) is 22.1 Å². The highest BCUT2D eigenvalue weighted by Crippen LogP contribution is 2.30. The summed E-state index contributed by atoms with van der Waals surface area (Å²) in [4.78, 5) is 11.5. The molecule has 2 heteroatoms. The highest BCUT2D eigenvalue weighted by Gasteiger charge is 2.05. The Morgan fingerprint density at radius 2 is 1.74 bits per heavy atom. The quantitative estimate of drug-likeness (QED) is 0.496. The Balaban J connectivity index is 2.09. The summed E-state index contributed by atoms with van der Waals surface area (Å²) < 4.78 is 4.94. The van der Waals surface area contributed by atoms with Gasteiger partial charge in [0.1, 0.15) is 0 Å². The number of benzene rings is 3. The lowest BCUT2D eigenvalue weighted by Gasteiger charge is -2.09. The highest BCUT2D eigenvalue weighted by atomic mass is 16.5. The third kappa shape index (κ3) is 3.49. The Morgan fingerprint density at radius 3 is 2.52 bits per heavy atom. The molecule has 0 aliphatic carbocycles. The van der Waals surface area contributed by atoms with E-state index in [9.17, 15) is 4.79 Å². The first kappa shape index (κ1) is 15.0. The molecule has 0 atom stereocenters. The van der Waals surface area contributed by atoms with E-state index in [1.54, 1.807) is 13.0 Å². The Labute approximate surface area is 136 Å². The summed E-state index contributed by atoms with van der Waals surface area (Å²) in [5, 5.41) is 2.35. The number of rotatable bonds is 4. The van der Waals surface area contributed by atoms with Gasteiger partial charge in [0.25, 0.3) is 0 Å². The average molecular weight is 302 g/mol. The first-order chi connectivity index (χ1) is 11.3. The van der Waals surface area contributed by atoms with E-state index in [1.165, 1.54) is 11.5 Å². The van der Waals surface area contributed by atoms with Crippen molar-refractivity contribution in [1.82, 2.24) is 0 Å². The van der Waals surface area contributed by atoms with Crippen molar-refractivity contribution in [3.63, 3.8) is 0 Å². The lowest BCUT2D eigenvalue weighted by atomic mass is 9.95. The van der Waals surface area contributed by atoms with E-state index in [1.807, 2.05) is 30.3 Å². The summed E-state index contributed by atoms with van der Waals surface area (Å²) in [5.41, 5.74) is 3.30. The molecule has 0 fully saturated rings. The largest absolute Gasteiger partial charge is 0.463 e. The molecule has 23 heavy (non-hydrogen) atoms. The van der Waals surface area contributed by atoms with Crippen LogP contribution in [0.15, 0.2) is 72.8 Å². The Morgan fingerprint density at radius 1 is 1.00 bits per heavy atom. The van der Waals surface area contributed by atoms with Crippen LogP contribution < -0.4 is 0 Å². The van der Waals surface area contributed by atoms with Crippen molar-refractivity contribution in [1.29, 1.82) is 0 Å². The van der Waals surface area contributed by atoms with Crippen LogP contribution in [0.3, 0.4) is 0 Å². The molecule has 0 N–H and O–H groups in total. The van der Waals surface area contributed by atoms with Crippen LogP contribution in [0.25, 0.3) is 28.0 Å². The van der Waals surface area contributed by atoms with Gasteiger partial charge in [0.15, 0.2) is 0 Å². The molecule has 0 heterocycles. The van der Waals surface area contributed by atoms with Gasteiger partial charge in [0, 0.05) is 6.08 Å². The smallest absolute Gasteiger partial charge is 0.330 e. The summed E-state index contributed by atoms with van der Waals surface area (Å²) in [6.45, 7) is 2.19. The van der Waals surface area contributed by atoms with Crippen LogP contribution in [-0.4, -0.2) is 12.6 Å². The molecular weight excluding hydrogens is 284 g/mol. The number of hydrogen-bond donors (Lipinski definition) is 0. The van der Waals surface area contributed by atoms with Gasteiger partial charge in [0.05, 0.1) is 6.61 Å². The molecule has 0 aromatic heterocycles. The van der Waals surface area contributed by atoms with Gasteiger partial charge in [-0.25, -0.2) is 4.79 Å². The van der Waals surface area contributed by atoms with Crippen molar-refractivity contribution in [3.8, 4) is 11.1 Å². The minimum atomic E-state index is -0.318. The van der Waals surface area contributed by atoms with Gasteiger partial charge in [-0.1, -0.05) is 54.6 Å². The summed E-state index contributed by atoms with van der Waals surface area (Å²) in [6.07, 6.45) is 3.28. The predicted molar refractivity (Wildman–Crippen MR) is 95.1 cm³/mol. The molecule has 0 saturated heterocycles. The number of hydrogen-bond acceptors (Lipinski definition) is 2. The highest BCUT2D eigenvalue weighted by molar-refractivity contribution is 5.99. The van der Waals surface area contributed by atoms with E-state index >= 15 is 0 Å². The number of fused-ring (bicyclic) bond motifs is 1. The molecule has 0 aliphatic heterocycles. The lowest BCUT2D eigenvalue weighted by molar-refractivity contribution is -0.137. The Bertz CT molecular complexity index is 848. The molecule has 0 radical (unpaired) electrons. The topological polar surface area (TPSA) is 26.3 Å². The fraction of sp³-hybridized carbons (Fsp3) is 0.0952. The van der Waals surface area contributed by atoms with Crippen LogP contribution in [0.2, 0.25) is 0 Å². The zero-order chi connectivity index (χ0) is 16.1. The standard InChI is InChI=1S/C21H18O2/c1-2-23-21(22)13-12-16-14-18-10-6-7-11-19(18)20(15-16)17-8-4-3-5-9-17/h3-15H,2H2,1H3. The fourth-order valence-electron chi connectivity index (χ4n) is 2.64. The van der Waals surface area contributed by atoms with E-state index in [0.29, 0.717) is 6.61 Å². The van der Waals surface area contributed by atoms with Crippen molar-refractivity contribution < 1.29 is 9.53 Å². The molecule has 3 aromatic carbocycles. The first-order valence-corrected chi connectivity index (χ1v) is 7.71. The maximum atomic E-state index is 11.5. The molecule has 3 aromatic rings. The van der Waals surface area contributed by atoms with E-state index in [4.69, 9.17) is 4.74 Å². The molecule has 0 saturated carbocycles. The third-order valence-electron chi connectivity index (χ3n) is 3.67. The molecule has 0 unspecified atom stereocenters. The monoisotopic (exact) mass is 302 g/mol. The van der Waals surface area contributed by atoms with Crippen molar-refractivity contribution in [2.75, 3.05) is 6.61 Å². The minimum absolute atomic E-state index is 0.318. The number of carbonyl (C=O) groups excluding carboxylic acids is 1. The zero-order valence-corrected chi connectivity index (χ0v) is 13.0. The second kappa shape index (κ2) is 6.93. The van der Waals surface area contributed by atoms with Crippen molar-refractivity contribution in [2.45, 2.75) is 6.92 Å². The molecule has 114 valence electrons. The van der Waals surface area contributed by atoms with E-state index in [-0.39, 0.29) is 5.97 Å². The van der Waals surface area contributed by atoms with Gasteiger partial charge < -0.3 is 4.74 Å². The van der Waals surface area contributed by atoms with Crippen LogP contribution in [0.5, 0.6) is 0 Å². The van der Waals surface area contributed by atoms with Gasteiger partial charge >= 0.3 is 5.97 Å². The van der Waals surface area contributed by atoms with Crippen LogP contribution in [-0.2, 0) is 9.53 Å². The van der Waals surface area contributed by atoms with E-state index in [2.05, 4.69) is 36.4 Å². The number of carbonyl (C=O) groups is 1. The van der Waals surface area contributed by atoms with Gasteiger partial charge in [-0.15, -0.1) is 0 Å². The number of esters is 1. The molecule has 0 amide bonds. The molecule has 2 nitrogen and oxygen atoms in total. The first-order valence-electron chi connectivity index (χ1n) is 7.71.